The number of imide groups is 1. The quantitative estimate of drug-likeness (QED) is 0.640. The van der Waals surface area contributed by atoms with E-state index in [2.05, 4.69) is 22.0 Å². The number of nitrogens with one attached hydrogen (secondary N) is 3. The maximum absolute atomic E-state index is 12.8. The standard InChI is InChI=1S/C22H28N4O3/c27-20-6-5-19(21(28)25-20)26-12-16-7-13(1-4-17(16)22(26)29)8-23-9-14-2-3-15-10-24-11-18(14)15/h1,4,7,14-15,18-19,23-24H,2-3,5-6,8-12H2,(H,25,27,28). The van der Waals surface area contributed by atoms with Gasteiger partial charge in [-0.05, 0) is 73.8 Å². The van der Waals surface area contributed by atoms with Crippen LogP contribution in [0.15, 0.2) is 18.2 Å². The number of amides is 3. The Hall–Kier alpha value is -2.25. The highest BCUT2D eigenvalue weighted by Crippen LogP contribution is 2.38. The summed E-state index contributed by atoms with van der Waals surface area (Å²) in [4.78, 5) is 37.9. The number of rotatable bonds is 5. The number of benzene rings is 1. The molecule has 4 unspecified atom stereocenters. The van der Waals surface area contributed by atoms with Crippen molar-refractivity contribution in [2.24, 2.45) is 17.8 Å². The molecule has 2 saturated heterocycles. The van der Waals surface area contributed by atoms with Crippen molar-refractivity contribution >= 4 is 17.7 Å². The van der Waals surface area contributed by atoms with Gasteiger partial charge in [-0.2, -0.15) is 0 Å². The molecule has 7 heteroatoms. The number of carbonyl (C=O) groups excluding carboxylic acids is 3. The maximum Gasteiger partial charge on any atom is 0.255 e. The van der Waals surface area contributed by atoms with E-state index in [4.69, 9.17) is 0 Å². The van der Waals surface area contributed by atoms with Gasteiger partial charge in [0.15, 0.2) is 0 Å². The number of carbonyl (C=O) groups is 3. The SMILES string of the molecule is O=C1CCC(N2Cc3cc(CNCC4CCC5CNCC45)ccc3C2=O)C(=O)N1. The molecule has 3 aliphatic heterocycles. The highest BCUT2D eigenvalue weighted by Gasteiger charge is 2.40. The molecule has 1 saturated carbocycles. The third-order valence-corrected chi connectivity index (χ3v) is 7.23. The van der Waals surface area contributed by atoms with Gasteiger partial charge in [-0.25, -0.2) is 0 Å². The molecule has 1 aromatic rings. The van der Waals surface area contributed by atoms with E-state index in [0.29, 0.717) is 18.5 Å². The van der Waals surface area contributed by atoms with Gasteiger partial charge >= 0.3 is 0 Å². The molecule has 0 radical (unpaired) electrons. The van der Waals surface area contributed by atoms with E-state index in [9.17, 15) is 14.4 Å². The van der Waals surface area contributed by atoms with Crippen LogP contribution in [0.4, 0.5) is 0 Å². The molecule has 4 aliphatic rings. The molecule has 3 heterocycles. The second-order valence-electron chi connectivity index (χ2n) is 8.94. The highest BCUT2D eigenvalue weighted by atomic mass is 16.2. The highest BCUT2D eigenvalue weighted by molar-refractivity contribution is 6.05. The van der Waals surface area contributed by atoms with Gasteiger partial charge in [0.1, 0.15) is 6.04 Å². The van der Waals surface area contributed by atoms with Crippen molar-refractivity contribution < 1.29 is 14.4 Å². The van der Waals surface area contributed by atoms with Crippen molar-refractivity contribution in [3.8, 4) is 0 Å². The van der Waals surface area contributed by atoms with Crippen LogP contribution in [-0.4, -0.2) is 48.3 Å². The normalized spacial score (nSPS) is 31.2. The Balaban J connectivity index is 1.20. The molecular weight excluding hydrogens is 368 g/mol. The first kappa shape index (κ1) is 18.8. The Bertz CT molecular complexity index is 854. The predicted octanol–water partition coefficient (Wildman–Crippen LogP) is 0.783. The minimum atomic E-state index is -0.551. The van der Waals surface area contributed by atoms with Gasteiger partial charge in [0.05, 0.1) is 0 Å². The molecule has 3 amide bonds. The Labute approximate surface area is 170 Å². The first-order valence-electron chi connectivity index (χ1n) is 10.8. The summed E-state index contributed by atoms with van der Waals surface area (Å²) in [7, 11) is 0. The Morgan fingerprint density at radius 1 is 1.10 bits per heavy atom. The van der Waals surface area contributed by atoms with E-state index in [1.165, 1.54) is 24.9 Å². The number of piperidine rings is 1. The van der Waals surface area contributed by atoms with E-state index >= 15 is 0 Å². The smallest absolute Gasteiger partial charge is 0.255 e. The molecule has 3 N–H and O–H groups in total. The molecule has 0 bridgehead atoms. The lowest BCUT2D eigenvalue weighted by Gasteiger charge is -2.29. The number of hydrogen-bond acceptors (Lipinski definition) is 5. The lowest BCUT2D eigenvalue weighted by Crippen LogP contribution is -2.52. The molecule has 29 heavy (non-hydrogen) atoms. The second kappa shape index (κ2) is 7.54. The van der Waals surface area contributed by atoms with Crippen molar-refractivity contribution in [2.45, 2.75) is 44.8 Å². The number of hydrogen-bond donors (Lipinski definition) is 3. The van der Waals surface area contributed by atoms with Crippen molar-refractivity contribution in [3.05, 3.63) is 34.9 Å². The topological polar surface area (TPSA) is 90.5 Å². The third kappa shape index (κ3) is 3.46. The summed E-state index contributed by atoms with van der Waals surface area (Å²) in [5, 5.41) is 9.49. The second-order valence-corrected chi connectivity index (χ2v) is 8.94. The molecule has 3 fully saturated rings. The molecule has 154 valence electrons. The Morgan fingerprint density at radius 2 is 2.00 bits per heavy atom. The fourth-order valence-electron chi connectivity index (χ4n) is 5.66. The minimum Gasteiger partial charge on any atom is -0.322 e. The van der Waals surface area contributed by atoms with Gasteiger partial charge in [-0.1, -0.05) is 12.1 Å². The molecule has 5 rings (SSSR count). The van der Waals surface area contributed by atoms with Crippen LogP contribution in [-0.2, 0) is 22.7 Å². The predicted molar refractivity (Wildman–Crippen MR) is 107 cm³/mol. The van der Waals surface area contributed by atoms with Crippen LogP contribution < -0.4 is 16.0 Å². The van der Waals surface area contributed by atoms with E-state index < -0.39 is 6.04 Å². The van der Waals surface area contributed by atoms with Gasteiger partial charge in [0, 0.05) is 25.1 Å². The lowest BCUT2D eigenvalue weighted by atomic mass is 9.92. The van der Waals surface area contributed by atoms with Gasteiger partial charge < -0.3 is 15.5 Å². The first-order valence-corrected chi connectivity index (χ1v) is 10.8. The minimum absolute atomic E-state index is 0.111. The molecule has 0 aromatic heterocycles. The molecule has 0 spiro atoms. The average Bonchev–Trinajstić information content (AvgIpc) is 3.38. The molecule has 1 aliphatic carbocycles. The van der Waals surface area contributed by atoms with Crippen molar-refractivity contribution in [3.63, 3.8) is 0 Å². The monoisotopic (exact) mass is 396 g/mol. The van der Waals surface area contributed by atoms with E-state index in [0.717, 1.165) is 43.0 Å². The average molecular weight is 396 g/mol. The van der Waals surface area contributed by atoms with Gasteiger partial charge in [0.2, 0.25) is 11.8 Å². The Kier molecular flexibility index (Phi) is 4.87. The summed E-state index contributed by atoms with van der Waals surface area (Å²) < 4.78 is 0. The van der Waals surface area contributed by atoms with Crippen LogP contribution in [0.5, 0.6) is 0 Å². The summed E-state index contributed by atoms with van der Waals surface area (Å²) in [6.07, 6.45) is 3.35. The van der Waals surface area contributed by atoms with Crippen molar-refractivity contribution in [1.29, 1.82) is 0 Å². The Morgan fingerprint density at radius 3 is 2.86 bits per heavy atom. The van der Waals surface area contributed by atoms with Crippen LogP contribution in [0.25, 0.3) is 0 Å². The van der Waals surface area contributed by atoms with Crippen LogP contribution in [0.2, 0.25) is 0 Å². The first-order chi connectivity index (χ1) is 14.1. The maximum atomic E-state index is 12.8. The lowest BCUT2D eigenvalue weighted by molar-refractivity contribution is -0.136. The van der Waals surface area contributed by atoms with Crippen molar-refractivity contribution in [2.75, 3.05) is 19.6 Å². The van der Waals surface area contributed by atoms with Crippen LogP contribution in [0, 0.1) is 17.8 Å². The summed E-state index contributed by atoms with van der Waals surface area (Å²) in [5.74, 6) is 1.72. The van der Waals surface area contributed by atoms with Gasteiger partial charge in [-0.15, -0.1) is 0 Å². The van der Waals surface area contributed by atoms with Crippen LogP contribution in [0.1, 0.15) is 47.2 Å². The number of nitrogens with zero attached hydrogens (tertiary/aromatic N) is 1. The van der Waals surface area contributed by atoms with Gasteiger partial charge in [0.25, 0.3) is 5.91 Å². The van der Waals surface area contributed by atoms with E-state index in [1.807, 2.05) is 12.1 Å². The zero-order valence-electron chi connectivity index (χ0n) is 16.6. The summed E-state index contributed by atoms with van der Waals surface area (Å²) in [6.45, 7) is 4.62. The summed E-state index contributed by atoms with van der Waals surface area (Å²) in [5.41, 5.74) is 2.81. The molecular formula is C22H28N4O3. The molecule has 4 atom stereocenters. The fraction of sp³-hybridized carbons (Fsp3) is 0.591. The summed E-state index contributed by atoms with van der Waals surface area (Å²) in [6, 6.07) is 5.42. The number of fused-ring (bicyclic) bond motifs is 2. The van der Waals surface area contributed by atoms with E-state index in [-0.39, 0.29) is 24.1 Å². The largest absolute Gasteiger partial charge is 0.322 e. The van der Waals surface area contributed by atoms with E-state index in [1.54, 1.807) is 4.90 Å². The molecule has 7 nitrogen and oxygen atoms in total. The van der Waals surface area contributed by atoms with Crippen LogP contribution in [0.3, 0.4) is 0 Å². The molecule has 1 aromatic carbocycles. The van der Waals surface area contributed by atoms with Crippen molar-refractivity contribution in [1.82, 2.24) is 20.9 Å². The van der Waals surface area contributed by atoms with Crippen LogP contribution >= 0.6 is 0 Å². The van der Waals surface area contributed by atoms with Gasteiger partial charge in [-0.3, -0.25) is 19.7 Å². The zero-order valence-corrected chi connectivity index (χ0v) is 16.6. The third-order valence-electron chi connectivity index (χ3n) is 7.23. The fourth-order valence-corrected chi connectivity index (χ4v) is 5.66. The summed E-state index contributed by atoms with van der Waals surface area (Å²) >= 11 is 0. The zero-order chi connectivity index (χ0) is 20.0.